The van der Waals surface area contributed by atoms with Crippen molar-refractivity contribution in [2.24, 2.45) is 0 Å². The van der Waals surface area contributed by atoms with Gasteiger partial charge in [0.25, 0.3) is 5.79 Å². The first-order chi connectivity index (χ1) is 7.84. The third-order valence-electron chi connectivity index (χ3n) is 2.76. The number of rotatable bonds is 2. The summed E-state index contributed by atoms with van der Waals surface area (Å²) in [6, 6.07) is 9.50. The van der Waals surface area contributed by atoms with Gasteiger partial charge in [-0.2, -0.15) is 0 Å². The fourth-order valence-electron chi connectivity index (χ4n) is 1.94. The molecule has 0 unspecified atom stereocenters. The Labute approximate surface area is 92.4 Å². The van der Waals surface area contributed by atoms with E-state index in [0.717, 1.165) is 11.0 Å². The smallest absolute Gasteiger partial charge is 0.252 e. The Balaban J connectivity index is 2.10. The number of hydrogen-bond donors (Lipinski definition) is 1. The minimum atomic E-state index is -1.11. The van der Waals surface area contributed by atoms with E-state index in [2.05, 4.69) is 0 Å². The summed E-state index contributed by atoms with van der Waals surface area (Å²) in [7, 11) is 0. The molecule has 0 aliphatic carbocycles. The van der Waals surface area contributed by atoms with Crippen LogP contribution in [0.5, 0.6) is 0 Å². The SMILES string of the molecule is OCC1(c2cc3ccccc3o2)OCCO1. The van der Waals surface area contributed by atoms with Crippen LogP contribution in [0.3, 0.4) is 0 Å². The van der Waals surface area contributed by atoms with Crippen molar-refractivity contribution in [1.29, 1.82) is 0 Å². The second-order valence-electron chi connectivity index (χ2n) is 3.76. The average molecular weight is 220 g/mol. The molecule has 0 bridgehead atoms. The van der Waals surface area contributed by atoms with Crippen LogP contribution in [0.25, 0.3) is 11.0 Å². The van der Waals surface area contributed by atoms with Gasteiger partial charge in [0.15, 0.2) is 5.76 Å². The van der Waals surface area contributed by atoms with Crippen LogP contribution in [-0.2, 0) is 15.3 Å². The fraction of sp³-hybridized carbons (Fsp3) is 0.333. The minimum Gasteiger partial charge on any atom is -0.455 e. The van der Waals surface area contributed by atoms with E-state index in [9.17, 15) is 5.11 Å². The predicted octanol–water partition coefficient (Wildman–Crippen LogP) is 1.62. The van der Waals surface area contributed by atoms with Crippen molar-refractivity contribution < 1.29 is 19.0 Å². The first-order valence-electron chi connectivity index (χ1n) is 5.22. The summed E-state index contributed by atoms with van der Waals surface area (Å²) >= 11 is 0. The van der Waals surface area contributed by atoms with Crippen molar-refractivity contribution in [3.63, 3.8) is 0 Å². The standard InChI is InChI=1S/C12H12O4/c13-8-12(14-5-6-15-12)11-7-9-3-1-2-4-10(9)16-11/h1-4,7,13H,5-6,8H2. The largest absolute Gasteiger partial charge is 0.455 e. The van der Waals surface area contributed by atoms with Gasteiger partial charge in [-0.05, 0) is 12.1 Å². The molecule has 1 aliphatic rings. The van der Waals surface area contributed by atoms with Crippen molar-refractivity contribution >= 4 is 11.0 Å². The molecule has 4 nitrogen and oxygen atoms in total. The number of aliphatic hydroxyl groups excluding tert-OH is 1. The lowest BCUT2D eigenvalue weighted by Crippen LogP contribution is -2.30. The summed E-state index contributed by atoms with van der Waals surface area (Å²) in [5, 5.41) is 10.4. The van der Waals surface area contributed by atoms with Gasteiger partial charge >= 0.3 is 0 Å². The molecule has 1 aliphatic heterocycles. The summed E-state index contributed by atoms with van der Waals surface area (Å²) in [4.78, 5) is 0. The molecule has 1 fully saturated rings. The molecule has 84 valence electrons. The second-order valence-corrected chi connectivity index (χ2v) is 3.76. The number of furan rings is 1. The zero-order valence-corrected chi connectivity index (χ0v) is 8.68. The molecule has 2 heterocycles. The Bertz CT molecular complexity index is 463. The van der Waals surface area contributed by atoms with Crippen LogP contribution in [0.1, 0.15) is 5.76 Å². The molecule has 2 aromatic rings. The molecule has 0 amide bonds. The monoisotopic (exact) mass is 220 g/mol. The first kappa shape index (κ1) is 9.84. The molecule has 1 aromatic heterocycles. The van der Waals surface area contributed by atoms with Crippen LogP contribution in [-0.4, -0.2) is 24.9 Å². The molecule has 0 atom stereocenters. The van der Waals surface area contributed by atoms with E-state index in [-0.39, 0.29) is 6.61 Å². The Hall–Kier alpha value is -1.36. The molecule has 3 rings (SSSR count). The van der Waals surface area contributed by atoms with Crippen LogP contribution in [0.2, 0.25) is 0 Å². The minimum absolute atomic E-state index is 0.243. The fourth-order valence-corrected chi connectivity index (χ4v) is 1.94. The third-order valence-corrected chi connectivity index (χ3v) is 2.76. The summed E-state index contributed by atoms with van der Waals surface area (Å²) in [6.45, 7) is 0.696. The Kier molecular flexibility index (Phi) is 2.21. The molecule has 4 heteroatoms. The number of aliphatic hydroxyl groups is 1. The zero-order chi connectivity index (χ0) is 11.0. The number of ether oxygens (including phenoxy) is 2. The lowest BCUT2D eigenvalue weighted by molar-refractivity contribution is -0.202. The second kappa shape index (κ2) is 3.59. The topological polar surface area (TPSA) is 51.8 Å². The van der Waals surface area contributed by atoms with Gasteiger partial charge in [-0.15, -0.1) is 0 Å². The van der Waals surface area contributed by atoms with E-state index in [4.69, 9.17) is 13.9 Å². The highest BCUT2D eigenvalue weighted by atomic mass is 16.8. The van der Waals surface area contributed by atoms with Crippen molar-refractivity contribution in [2.75, 3.05) is 19.8 Å². The van der Waals surface area contributed by atoms with Gasteiger partial charge in [0, 0.05) is 5.39 Å². The van der Waals surface area contributed by atoms with Crippen LogP contribution in [0.15, 0.2) is 34.7 Å². The van der Waals surface area contributed by atoms with Crippen LogP contribution in [0, 0.1) is 0 Å². The third kappa shape index (κ3) is 1.35. The molecular weight excluding hydrogens is 208 g/mol. The Morgan fingerprint density at radius 3 is 2.62 bits per heavy atom. The summed E-state index contributed by atoms with van der Waals surface area (Å²) in [6.07, 6.45) is 0. The summed E-state index contributed by atoms with van der Waals surface area (Å²) < 4.78 is 16.5. The van der Waals surface area contributed by atoms with Crippen molar-refractivity contribution in [3.05, 3.63) is 36.1 Å². The lowest BCUT2D eigenvalue weighted by atomic mass is 10.2. The van der Waals surface area contributed by atoms with Crippen LogP contribution in [0.4, 0.5) is 0 Å². The van der Waals surface area contributed by atoms with Crippen molar-refractivity contribution in [3.8, 4) is 0 Å². The molecular formula is C12H12O4. The van der Waals surface area contributed by atoms with E-state index >= 15 is 0 Å². The highest BCUT2D eigenvalue weighted by Gasteiger charge is 2.41. The molecule has 0 radical (unpaired) electrons. The van der Waals surface area contributed by atoms with E-state index in [1.165, 1.54) is 0 Å². The van der Waals surface area contributed by atoms with Crippen molar-refractivity contribution in [1.82, 2.24) is 0 Å². The number of benzene rings is 1. The Morgan fingerprint density at radius 1 is 1.19 bits per heavy atom. The highest BCUT2D eigenvalue weighted by molar-refractivity contribution is 5.77. The normalized spacial score (nSPS) is 19.3. The molecule has 1 N–H and O–H groups in total. The molecule has 0 spiro atoms. The molecule has 1 saturated heterocycles. The van der Waals surface area contributed by atoms with Gasteiger partial charge in [0.05, 0.1) is 13.2 Å². The first-order valence-corrected chi connectivity index (χ1v) is 5.22. The maximum Gasteiger partial charge on any atom is 0.252 e. The quantitative estimate of drug-likeness (QED) is 0.835. The molecule has 0 saturated carbocycles. The van der Waals surface area contributed by atoms with E-state index in [0.29, 0.717) is 19.0 Å². The molecule has 1 aromatic carbocycles. The van der Waals surface area contributed by atoms with Gasteiger partial charge in [-0.3, -0.25) is 0 Å². The van der Waals surface area contributed by atoms with Gasteiger partial charge in [-0.1, -0.05) is 18.2 Å². The zero-order valence-electron chi connectivity index (χ0n) is 8.68. The van der Waals surface area contributed by atoms with E-state index < -0.39 is 5.79 Å². The number of fused-ring (bicyclic) bond motifs is 1. The van der Waals surface area contributed by atoms with E-state index in [1.54, 1.807) is 0 Å². The van der Waals surface area contributed by atoms with Crippen molar-refractivity contribution in [2.45, 2.75) is 5.79 Å². The van der Waals surface area contributed by atoms with Gasteiger partial charge in [0.1, 0.15) is 12.2 Å². The Morgan fingerprint density at radius 2 is 1.94 bits per heavy atom. The highest BCUT2D eigenvalue weighted by Crippen LogP contribution is 2.34. The summed E-state index contributed by atoms with van der Waals surface area (Å²) in [5.41, 5.74) is 0.768. The van der Waals surface area contributed by atoms with Crippen LogP contribution >= 0.6 is 0 Å². The molecule has 16 heavy (non-hydrogen) atoms. The average Bonchev–Trinajstić information content (AvgIpc) is 2.96. The van der Waals surface area contributed by atoms with Gasteiger partial charge in [0.2, 0.25) is 0 Å². The maximum atomic E-state index is 9.39. The van der Waals surface area contributed by atoms with Gasteiger partial charge in [-0.25, -0.2) is 0 Å². The number of para-hydroxylation sites is 1. The van der Waals surface area contributed by atoms with Gasteiger partial charge < -0.3 is 19.0 Å². The lowest BCUT2D eigenvalue weighted by Gasteiger charge is -2.21. The van der Waals surface area contributed by atoms with Crippen LogP contribution < -0.4 is 0 Å². The maximum absolute atomic E-state index is 9.39. The number of hydrogen-bond acceptors (Lipinski definition) is 4. The summed E-state index contributed by atoms with van der Waals surface area (Å²) in [5.74, 6) is -0.590. The predicted molar refractivity (Wildman–Crippen MR) is 56.9 cm³/mol. The van der Waals surface area contributed by atoms with E-state index in [1.807, 2.05) is 30.3 Å².